The van der Waals surface area contributed by atoms with E-state index in [4.69, 9.17) is 7.85 Å². The van der Waals surface area contributed by atoms with Crippen LogP contribution in [0.3, 0.4) is 0 Å². The van der Waals surface area contributed by atoms with E-state index in [9.17, 15) is 0 Å². The van der Waals surface area contributed by atoms with E-state index in [0.717, 1.165) is 5.69 Å². The summed E-state index contributed by atoms with van der Waals surface area (Å²) in [7, 11) is 7.03. The maximum atomic E-state index is 5.23. The van der Waals surface area contributed by atoms with Crippen LogP contribution >= 0.6 is 0 Å². The van der Waals surface area contributed by atoms with Gasteiger partial charge in [-0.05, 0) is 0 Å². The van der Waals surface area contributed by atoms with Gasteiger partial charge in [-0.25, -0.2) is 0 Å². The van der Waals surface area contributed by atoms with Gasteiger partial charge in [0.25, 0.3) is 0 Å². The molecule has 0 saturated heterocycles. The zero-order valence-corrected chi connectivity index (χ0v) is 5.13. The minimum absolute atomic E-state index is 0.300. The molecule has 1 aromatic heterocycles. The van der Waals surface area contributed by atoms with Crippen molar-refractivity contribution in [1.82, 2.24) is 9.97 Å². The highest BCUT2D eigenvalue weighted by molar-refractivity contribution is 6.28. The first kappa shape index (κ1) is 6.07. The van der Waals surface area contributed by atoms with E-state index < -0.39 is 0 Å². The fourth-order valence-electron chi connectivity index (χ4n) is 0.467. The van der Waals surface area contributed by atoms with Gasteiger partial charge in [0.15, 0.2) is 7.85 Å². The van der Waals surface area contributed by atoms with E-state index in [1.54, 1.807) is 19.4 Å². The maximum Gasteiger partial charge on any atom is 0.170 e. The van der Waals surface area contributed by atoms with Gasteiger partial charge in [-0.3, -0.25) is 9.97 Å². The summed E-state index contributed by atoms with van der Waals surface area (Å²) in [4.78, 5) is 7.51. The van der Waals surface area contributed by atoms with Crippen LogP contribution in [0.1, 0.15) is 0 Å². The van der Waals surface area contributed by atoms with Gasteiger partial charge in [-0.2, -0.15) is 0 Å². The monoisotopic (exact) mass is 119 g/mol. The number of rotatable bonds is 1. The lowest BCUT2D eigenvalue weighted by Crippen LogP contribution is -2.12. The second-order valence-corrected chi connectivity index (χ2v) is 1.58. The minimum Gasteiger partial charge on any atom is -0.386 e. The Morgan fingerprint density at radius 1 is 1.44 bits per heavy atom. The van der Waals surface area contributed by atoms with Crippen LogP contribution in [-0.2, 0) is 0 Å². The molecule has 3 nitrogen and oxygen atoms in total. The maximum absolute atomic E-state index is 5.23. The van der Waals surface area contributed by atoms with Gasteiger partial charge in [-0.15, -0.1) is 0 Å². The Morgan fingerprint density at radius 3 is 2.44 bits per heavy atom. The molecule has 0 atom stereocenters. The summed E-state index contributed by atoms with van der Waals surface area (Å²) in [6.45, 7) is 0. The van der Waals surface area contributed by atoms with Crippen molar-refractivity contribution in [2.24, 2.45) is 0 Å². The van der Waals surface area contributed by atoms with E-state index in [1.165, 1.54) is 0 Å². The molecule has 44 valence electrons. The van der Waals surface area contributed by atoms with E-state index in [2.05, 4.69) is 15.3 Å². The van der Waals surface area contributed by atoms with Gasteiger partial charge < -0.3 is 5.32 Å². The quantitative estimate of drug-likeness (QED) is 0.497. The van der Waals surface area contributed by atoms with Crippen LogP contribution in [0.2, 0.25) is 0 Å². The topological polar surface area (TPSA) is 37.8 Å². The van der Waals surface area contributed by atoms with Gasteiger partial charge in [0.2, 0.25) is 0 Å². The summed E-state index contributed by atoms with van der Waals surface area (Å²) in [5, 5.41) is 2.87. The van der Waals surface area contributed by atoms with Gasteiger partial charge in [-0.1, -0.05) is 0 Å². The molecule has 1 rings (SSSR count). The molecule has 1 N–H and O–H groups in total. The number of nitrogens with zero attached hydrogens (tertiary/aromatic N) is 2. The van der Waals surface area contributed by atoms with Crippen molar-refractivity contribution in [3.63, 3.8) is 0 Å². The van der Waals surface area contributed by atoms with Gasteiger partial charge in [0.05, 0.1) is 23.8 Å². The van der Waals surface area contributed by atoms with Crippen molar-refractivity contribution < 1.29 is 0 Å². The van der Waals surface area contributed by atoms with Crippen molar-refractivity contribution in [3.8, 4) is 0 Å². The van der Waals surface area contributed by atoms with Gasteiger partial charge in [0.1, 0.15) is 0 Å². The van der Waals surface area contributed by atoms with Crippen LogP contribution < -0.4 is 11.0 Å². The Kier molecular flexibility index (Phi) is 1.67. The summed E-state index contributed by atoms with van der Waals surface area (Å²) >= 11 is 0. The molecule has 1 heterocycles. The lowest BCUT2D eigenvalue weighted by molar-refractivity contribution is 1.23. The first-order valence-corrected chi connectivity index (χ1v) is 2.58. The average molecular weight is 119 g/mol. The Labute approximate surface area is 54.9 Å². The number of nitrogens with one attached hydrogen (secondary N) is 1. The molecule has 9 heavy (non-hydrogen) atoms. The Morgan fingerprint density at radius 2 is 2.00 bits per heavy atom. The molecule has 0 saturated carbocycles. The Bertz CT molecular complexity index is 184. The fourth-order valence-corrected chi connectivity index (χ4v) is 0.467. The third-order valence-corrected chi connectivity index (χ3v) is 0.960. The number of hydrogen-bond donors (Lipinski definition) is 1. The summed E-state index contributed by atoms with van der Waals surface area (Å²) in [6.07, 6.45) is 3.25. The highest BCUT2D eigenvalue weighted by Crippen LogP contribution is 1.94. The third-order valence-electron chi connectivity index (χ3n) is 0.960. The fraction of sp³-hybridized carbons (Fsp3) is 0.200. The summed E-state index contributed by atoms with van der Waals surface area (Å²) in [5.41, 5.74) is 1.17. The number of aromatic nitrogens is 2. The molecule has 0 aliphatic carbocycles. The first-order valence-electron chi connectivity index (χ1n) is 2.58. The summed E-state index contributed by atoms with van der Waals surface area (Å²) < 4.78 is 0. The molecule has 0 bridgehead atoms. The van der Waals surface area contributed by atoms with E-state index in [-0.39, 0.29) is 0 Å². The van der Waals surface area contributed by atoms with Crippen molar-refractivity contribution in [3.05, 3.63) is 12.4 Å². The Hall–Kier alpha value is -1.06. The normalized spacial score (nSPS) is 9.00. The molecule has 0 aliphatic rings. The van der Waals surface area contributed by atoms with Gasteiger partial charge in [0, 0.05) is 7.05 Å². The van der Waals surface area contributed by atoms with E-state index in [1.807, 2.05) is 0 Å². The molecular weight excluding hydrogens is 113 g/mol. The van der Waals surface area contributed by atoms with E-state index >= 15 is 0 Å². The summed E-state index contributed by atoms with van der Waals surface area (Å²) in [5.74, 6) is 0. The molecule has 1 aromatic rings. The van der Waals surface area contributed by atoms with Crippen LogP contribution in [0.15, 0.2) is 12.4 Å². The zero-order chi connectivity index (χ0) is 6.69. The molecule has 0 aliphatic heterocycles. The lowest BCUT2D eigenvalue weighted by atomic mass is 10.1. The molecule has 0 fully saturated rings. The minimum atomic E-state index is 0.300. The average Bonchev–Trinajstić information content (AvgIpc) is 1.90. The van der Waals surface area contributed by atoms with Crippen molar-refractivity contribution in [1.29, 1.82) is 0 Å². The predicted molar refractivity (Wildman–Crippen MR) is 37.0 cm³/mol. The number of hydrogen-bond acceptors (Lipinski definition) is 3. The SMILES string of the molecule is [B]c1ncc(NC)cn1. The molecule has 0 unspecified atom stereocenters. The molecule has 0 amide bonds. The smallest absolute Gasteiger partial charge is 0.170 e. The summed E-state index contributed by atoms with van der Waals surface area (Å²) in [6, 6.07) is 0. The van der Waals surface area contributed by atoms with Crippen LogP contribution in [0.25, 0.3) is 0 Å². The molecule has 2 radical (unpaired) electrons. The highest BCUT2D eigenvalue weighted by atomic mass is 14.9. The standard InChI is InChI=1S/C5H6BN3/c1-7-4-2-8-5(6)9-3-4/h2-3,7H,1H3. The largest absolute Gasteiger partial charge is 0.386 e. The second kappa shape index (κ2) is 2.48. The van der Waals surface area contributed by atoms with E-state index in [0.29, 0.717) is 5.72 Å². The molecule has 0 spiro atoms. The van der Waals surface area contributed by atoms with Crippen LogP contribution in [0.4, 0.5) is 5.69 Å². The Balaban J connectivity index is 2.88. The van der Waals surface area contributed by atoms with Crippen LogP contribution in [-0.4, -0.2) is 24.9 Å². The lowest BCUT2D eigenvalue weighted by Gasteiger charge is -1.96. The first-order chi connectivity index (χ1) is 4.33. The van der Waals surface area contributed by atoms with Crippen molar-refractivity contribution in [2.75, 3.05) is 12.4 Å². The second-order valence-electron chi connectivity index (χ2n) is 1.58. The van der Waals surface area contributed by atoms with Crippen molar-refractivity contribution in [2.45, 2.75) is 0 Å². The highest BCUT2D eigenvalue weighted by Gasteiger charge is 1.86. The zero-order valence-electron chi connectivity index (χ0n) is 5.13. The number of anilines is 1. The van der Waals surface area contributed by atoms with Gasteiger partial charge >= 0.3 is 0 Å². The van der Waals surface area contributed by atoms with Crippen molar-refractivity contribution >= 4 is 19.3 Å². The molecule has 4 heteroatoms. The molecule has 0 aromatic carbocycles. The predicted octanol–water partition coefficient (Wildman–Crippen LogP) is -0.688. The molecular formula is C5H6BN3. The third kappa shape index (κ3) is 1.42. The van der Waals surface area contributed by atoms with Crippen LogP contribution in [0, 0.1) is 0 Å². The van der Waals surface area contributed by atoms with Crippen LogP contribution in [0.5, 0.6) is 0 Å².